The van der Waals surface area contributed by atoms with E-state index in [-0.39, 0.29) is 11.7 Å². The van der Waals surface area contributed by atoms with Crippen LogP contribution < -0.4 is 9.64 Å². The van der Waals surface area contributed by atoms with Gasteiger partial charge < -0.3 is 14.7 Å². The van der Waals surface area contributed by atoms with E-state index in [1.54, 1.807) is 50.2 Å². The number of nitrogens with zero attached hydrogens (tertiary/aromatic N) is 3. The largest absolute Gasteiger partial charge is 0.508 e. The Bertz CT molecular complexity index is 1000. The Morgan fingerprint density at radius 2 is 1.89 bits per heavy atom. The van der Waals surface area contributed by atoms with E-state index in [9.17, 15) is 9.90 Å². The minimum absolute atomic E-state index is 0.0898. The summed E-state index contributed by atoms with van der Waals surface area (Å²) in [5, 5.41) is 11.1. The third-order valence-electron chi connectivity index (χ3n) is 4.27. The number of fused-ring (bicyclic) bond motifs is 1. The van der Waals surface area contributed by atoms with Crippen LogP contribution in [0.3, 0.4) is 0 Å². The van der Waals surface area contributed by atoms with Crippen LogP contribution in [0.15, 0.2) is 62.3 Å². The number of ether oxygens (including phenoxy) is 1. The van der Waals surface area contributed by atoms with Crippen LogP contribution in [-0.4, -0.2) is 42.3 Å². The van der Waals surface area contributed by atoms with Crippen molar-refractivity contribution in [2.24, 2.45) is 4.99 Å². The third-order valence-corrected chi connectivity index (χ3v) is 6.75. The van der Waals surface area contributed by atoms with E-state index in [1.807, 2.05) is 30.1 Å². The van der Waals surface area contributed by atoms with E-state index in [4.69, 9.17) is 4.74 Å². The van der Waals surface area contributed by atoms with Crippen molar-refractivity contribution in [1.29, 1.82) is 0 Å². The molecule has 138 valence electrons. The smallest absolute Gasteiger partial charge is 0.269 e. The lowest BCUT2D eigenvalue weighted by Gasteiger charge is -2.15. The fourth-order valence-corrected chi connectivity index (χ4v) is 5.11. The Morgan fingerprint density at radius 1 is 1.07 bits per heavy atom. The predicted octanol–water partition coefficient (Wildman–Crippen LogP) is 4.00. The number of carbonyl (C=O) groups is 1. The molecule has 0 aromatic heterocycles. The SMILES string of the molecule is COc1ccc2c(c1)N(C)C(=C1SC(=Nc3cccc(O)c3)N(C)C1=O)S2. The number of aromatic hydroxyl groups is 1. The molecule has 8 heteroatoms. The zero-order chi connectivity index (χ0) is 19.1. The molecular formula is C19H17N3O3S2. The molecule has 0 atom stereocenters. The van der Waals surface area contributed by atoms with Crippen molar-refractivity contribution in [2.75, 3.05) is 26.1 Å². The molecule has 1 fully saturated rings. The number of carbonyl (C=O) groups excluding carboxylic acids is 1. The Morgan fingerprint density at radius 3 is 2.63 bits per heavy atom. The van der Waals surface area contributed by atoms with Crippen molar-refractivity contribution >= 4 is 46.0 Å². The lowest BCUT2D eigenvalue weighted by Crippen LogP contribution is -2.24. The standard InChI is InChI=1S/C19H17N3O3S2/c1-21-14-10-13(25-3)7-8-15(14)26-18(21)16-17(24)22(2)19(27-16)20-11-5-4-6-12(23)9-11/h4-10,23H,1-3H3. The first-order valence-corrected chi connectivity index (χ1v) is 9.79. The number of methoxy groups -OCH3 is 1. The monoisotopic (exact) mass is 399 g/mol. The van der Waals surface area contributed by atoms with Crippen LogP contribution >= 0.6 is 23.5 Å². The molecule has 27 heavy (non-hydrogen) atoms. The van der Waals surface area contributed by atoms with E-state index in [0.717, 1.165) is 21.4 Å². The third kappa shape index (κ3) is 3.15. The first-order chi connectivity index (χ1) is 13.0. The minimum atomic E-state index is -0.0898. The van der Waals surface area contributed by atoms with Gasteiger partial charge in [0, 0.05) is 31.1 Å². The van der Waals surface area contributed by atoms with Crippen LogP contribution in [0.25, 0.3) is 0 Å². The number of hydrogen-bond acceptors (Lipinski definition) is 7. The van der Waals surface area contributed by atoms with Crippen LogP contribution in [0.4, 0.5) is 11.4 Å². The molecule has 0 saturated carbocycles. The summed E-state index contributed by atoms with van der Waals surface area (Å²) in [6.07, 6.45) is 0. The predicted molar refractivity (Wildman–Crippen MR) is 110 cm³/mol. The maximum absolute atomic E-state index is 12.8. The molecule has 0 aliphatic carbocycles. The summed E-state index contributed by atoms with van der Waals surface area (Å²) in [4.78, 5) is 22.6. The highest BCUT2D eigenvalue weighted by Crippen LogP contribution is 2.50. The molecule has 2 aliphatic rings. The van der Waals surface area contributed by atoms with Gasteiger partial charge in [0.2, 0.25) is 0 Å². The molecular weight excluding hydrogens is 382 g/mol. The minimum Gasteiger partial charge on any atom is -0.508 e. The van der Waals surface area contributed by atoms with Crippen LogP contribution in [0, 0.1) is 0 Å². The zero-order valence-electron chi connectivity index (χ0n) is 15.0. The van der Waals surface area contributed by atoms with Crippen molar-refractivity contribution in [1.82, 2.24) is 4.90 Å². The molecule has 0 unspecified atom stereocenters. The number of anilines is 1. The second-order valence-corrected chi connectivity index (χ2v) is 8.02. The summed E-state index contributed by atoms with van der Waals surface area (Å²) in [5.74, 6) is 0.831. The van der Waals surface area contributed by atoms with Crippen molar-refractivity contribution in [3.05, 3.63) is 52.4 Å². The Hall–Kier alpha value is -2.58. The van der Waals surface area contributed by atoms with Gasteiger partial charge in [-0.25, -0.2) is 4.99 Å². The van der Waals surface area contributed by atoms with Gasteiger partial charge >= 0.3 is 0 Å². The van der Waals surface area contributed by atoms with E-state index in [1.165, 1.54) is 16.7 Å². The first kappa shape index (κ1) is 17.8. The topological polar surface area (TPSA) is 65.4 Å². The van der Waals surface area contributed by atoms with E-state index < -0.39 is 0 Å². The summed E-state index contributed by atoms with van der Waals surface area (Å²) in [5.41, 5.74) is 1.61. The summed E-state index contributed by atoms with van der Waals surface area (Å²) in [6, 6.07) is 12.5. The molecule has 0 radical (unpaired) electrons. The van der Waals surface area contributed by atoms with Gasteiger partial charge in [0.05, 0.1) is 23.5 Å². The molecule has 2 aromatic rings. The molecule has 1 N–H and O–H groups in total. The van der Waals surface area contributed by atoms with Crippen LogP contribution in [-0.2, 0) is 4.79 Å². The Balaban J connectivity index is 1.69. The van der Waals surface area contributed by atoms with Gasteiger partial charge in [-0.15, -0.1) is 0 Å². The van der Waals surface area contributed by atoms with Gasteiger partial charge in [-0.1, -0.05) is 17.8 Å². The van der Waals surface area contributed by atoms with Crippen LogP contribution in [0.2, 0.25) is 0 Å². The Labute approximate surface area is 165 Å². The lowest BCUT2D eigenvalue weighted by atomic mass is 10.3. The number of amides is 1. The number of hydrogen-bond donors (Lipinski definition) is 1. The number of aliphatic imine (C=N–C) groups is 1. The van der Waals surface area contributed by atoms with Gasteiger partial charge in [0.15, 0.2) is 5.17 Å². The molecule has 6 nitrogen and oxygen atoms in total. The molecule has 2 heterocycles. The fraction of sp³-hybridized carbons (Fsp3) is 0.158. The lowest BCUT2D eigenvalue weighted by molar-refractivity contribution is -0.121. The number of rotatable bonds is 2. The maximum Gasteiger partial charge on any atom is 0.269 e. The molecule has 0 bridgehead atoms. The van der Waals surface area contributed by atoms with E-state index in [2.05, 4.69) is 4.99 Å². The van der Waals surface area contributed by atoms with Gasteiger partial charge in [-0.3, -0.25) is 9.69 Å². The zero-order valence-corrected chi connectivity index (χ0v) is 16.6. The van der Waals surface area contributed by atoms with Crippen molar-refractivity contribution in [3.8, 4) is 11.5 Å². The number of benzene rings is 2. The van der Waals surface area contributed by atoms with Gasteiger partial charge in [0.1, 0.15) is 16.4 Å². The summed E-state index contributed by atoms with van der Waals surface area (Å²) in [7, 11) is 5.29. The number of amidine groups is 1. The summed E-state index contributed by atoms with van der Waals surface area (Å²) >= 11 is 2.90. The Kier molecular flexibility index (Phi) is 4.53. The molecule has 1 amide bonds. The highest BCUT2D eigenvalue weighted by atomic mass is 32.2. The number of phenolic OH excluding ortho intramolecular Hbond substituents is 1. The van der Waals surface area contributed by atoms with Gasteiger partial charge in [0.25, 0.3) is 5.91 Å². The maximum atomic E-state index is 12.8. The van der Waals surface area contributed by atoms with Crippen molar-refractivity contribution < 1.29 is 14.6 Å². The van der Waals surface area contributed by atoms with E-state index in [0.29, 0.717) is 15.8 Å². The van der Waals surface area contributed by atoms with Crippen molar-refractivity contribution in [3.63, 3.8) is 0 Å². The summed E-state index contributed by atoms with van der Waals surface area (Å²) < 4.78 is 5.31. The molecule has 4 rings (SSSR count). The fourth-order valence-electron chi connectivity index (χ4n) is 2.80. The highest BCUT2D eigenvalue weighted by Gasteiger charge is 2.37. The molecule has 2 aromatic carbocycles. The highest BCUT2D eigenvalue weighted by molar-refractivity contribution is 8.19. The van der Waals surface area contributed by atoms with Gasteiger partial charge in [-0.2, -0.15) is 0 Å². The second kappa shape index (κ2) is 6.86. The quantitative estimate of drug-likeness (QED) is 0.770. The number of likely N-dealkylation sites (N-methyl/N-ethyl adjacent to an activating group) is 1. The number of thioether (sulfide) groups is 2. The first-order valence-electron chi connectivity index (χ1n) is 8.15. The molecule has 0 spiro atoms. The average Bonchev–Trinajstić information content (AvgIpc) is 3.13. The van der Waals surface area contributed by atoms with Gasteiger partial charge in [-0.05, 0) is 36.0 Å². The van der Waals surface area contributed by atoms with E-state index >= 15 is 0 Å². The number of phenols is 1. The van der Waals surface area contributed by atoms with Crippen molar-refractivity contribution in [2.45, 2.75) is 4.90 Å². The normalized spacial score (nSPS) is 20.6. The van der Waals surface area contributed by atoms with Crippen LogP contribution in [0.5, 0.6) is 11.5 Å². The second-order valence-electron chi connectivity index (χ2n) is 6.01. The molecule has 2 aliphatic heterocycles. The average molecular weight is 399 g/mol. The summed E-state index contributed by atoms with van der Waals surface area (Å²) in [6.45, 7) is 0. The molecule has 1 saturated heterocycles. The van der Waals surface area contributed by atoms with Crippen LogP contribution in [0.1, 0.15) is 0 Å².